The highest BCUT2D eigenvalue weighted by Gasteiger charge is 2.13. The van der Waals surface area contributed by atoms with Gasteiger partial charge in [0.1, 0.15) is 11.6 Å². The van der Waals surface area contributed by atoms with Crippen LogP contribution in [0.4, 0.5) is 0 Å². The van der Waals surface area contributed by atoms with Crippen molar-refractivity contribution >= 4 is 11.8 Å². The van der Waals surface area contributed by atoms with Gasteiger partial charge in [0.05, 0.1) is 18.0 Å². The fourth-order valence-corrected chi connectivity index (χ4v) is 2.58. The molecule has 2 heterocycles. The molecule has 0 aliphatic heterocycles. The zero-order valence-corrected chi connectivity index (χ0v) is 12.3. The number of nitrogens with two attached hydrogens (primary N) is 1. The first-order valence-electron chi connectivity index (χ1n) is 6.33. The van der Waals surface area contributed by atoms with Gasteiger partial charge in [-0.1, -0.05) is 18.7 Å². The quantitative estimate of drug-likeness (QED) is 0.816. The topological polar surface area (TPSA) is 82.8 Å². The van der Waals surface area contributed by atoms with E-state index in [0.717, 1.165) is 41.3 Å². The lowest BCUT2D eigenvalue weighted by Gasteiger charge is -2.06. The van der Waals surface area contributed by atoms with Crippen molar-refractivity contribution in [2.75, 3.05) is 0 Å². The number of hydrogen-bond donors (Lipinski definition) is 1. The molecule has 0 aromatic carbocycles. The Bertz CT molecular complexity index is 529. The summed E-state index contributed by atoms with van der Waals surface area (Å²) in [4.78, 5) is 4.36. The Morgan fingerprint density at radius 2 is 2.11 bits per heavy atom. The molecular formula is C12H19N5OS. The molecule has 2 aromatic heterocycles. The van der Waals surface area contributed by atoms with Crippen molar-refractivity contribution in [3.63, 3.8) is 0 Å². The standard InChI is InChI=1S/C12H19N5OS/c1-4-5-17-10(6-13)15-16-12(17)19-7-11-14-8(2)9(3)18-11/h4-7,13H2,1-3H3. The van der Waals surface area contributed by atoms with Gasteiger partial charge in [-0.05, 0) is 20.3 Å². The van der Waals surface area contributed by atoms with E-state index in [-0.39, 0.29) is 0 Å². The van der Waals surface area contributed by atoms with Gasteiger partial charge in [0, 0.05) is 6.54 Å². The van der Waals surface area contributed by atoms with Crippen LogP contribution in [0.5, 0.6) is 0 Å². The van der Waals surface area contributed by atoms with Crippen molar-refractivity contribution < 1.29 is 4.42 Å². The molecule has 0 aliphatic rings. The van der Waals surface area contributed by atoms with Crippen molar-refractivity contribution in [1.29, 1.82) is 0 Å². The Hall–Kier alpha value is -1.34. The minimum Gasteiger partial charge on any atom is -0.445 e. The Morgan fingerprint density at radius 1 is 1.32 bits per heavy atom. The van der Waals surface area contributed by atoms with Crippen molar-refractivity contribution in [3.05, 3.63) is 23.2 Å². The van der Waals surface area contributed by atoms with Crippen LogP contribution >= 0.6 is 11.8 Å². The van der Waals surface area contributed by atoms with E-state index in [1.165, 1.54) is 0 Å². The molecular weight excluding hydrogens is 262 g/mol. The minimum atomic E-state index is 0.408. The first-order chi connectivity index (χ1) is 9.15. The van der Waals surface area contributed by atoms with Crippen LogP contribution < -0.4 is 5.73 Å². The third kappa shape index (κ3) is 3.16. The molecule has 7 heteroatoms. The van der Waals surface area contributed by atoms with Crippen LogP contribution in [0.3, 0.4) is 0 Å². The van der Waals surface area contributed by atoms with Gasteiger partial charge in [-0.3, -0.25) is 0 Å². The fraction of sp³-hybridized carbons (Fsp3) is 0.583. The zero-order valence-electron chi connectivity index (χ0n) is 11.5. The van der Waals surface area contributed by atoms with Crippen LogP contribution in [0.2, 0.25) is 0 Å². The Balaban J connectivity index is 2.08. The van der Waals surface area contributed by atoms with E-state index in [0.29, 0.717) is 12.3 Å². The van der Waals surface area contributed by atoms with Gasteiger partial charge in [0.2, 0.25) is 5.89 Å². The molecule has 0 radical (unpaired) electrons. The molecule has 0 saturated carbocycles. The van der Waals surface area contributed by atoms with E-state index < -0.39 is 0 Å². The summed E-state index contributed by atoms with van der Waals surface area (Å²) in [6.45, 7) is 7.27. The van der Waals surface area contributed by atoms with Crippen molar-refractivity contribution in [3.8, 4) is 0 Å². The highest BCUT2D eigenvalue weighted by atomic mass is 32.2. The Morgan fingerprint density at radius 3 is 2.68 bits per heavy atom. The average molecular weight is 281 g/mol. The molecule has 0 unspecified atom stereocenters. The number of oxazole rings is 1. The maximum Gasteiger partial charge on any atom is 0.205 e. The number of rotatable bonds is 6. The molecule has 0 aliphatic carbocycles. The molecule has 0 amide bonds. The molecule has 0 spiro atoms. The van der Waals surface area contributed by atoms with E-state index >= 15 is 0 Å². The van der Waals surface area contributed by atoms with Gasteiger partial charge in [0.25, 0.3) is 0 Å². The molecule has 19 heavy (non-hydrogen) atoms. The molecule has 2 rings (SSSR count). The number of nitrogens with zero attached hydrogens (tertiary/aromatic N) is 4. The molecule has 2 aromatic rings. The summed E-state index contributed by atoms with van der Waals surface area (Å²) in [5.74, 6) is 3.07. The van der Waals surface area contributed by atoms with Crippen LogP contribution in [-0.2, 0) is 18.8 Å². The average Bonchev–Trinajstić information content (AvgIpc) is 2.92. The Kier molecular flexibility index (Phi) is 4.60. The van der Waals surface area contributed by atoms with E-state index in [2.05, 4.69) is 26.7 Å². The summed E-state index contributed by atoms with van der Waals surface area (Å²) in [5.41, 5.74) is 6.60. The lowest BCUT2D eigenvalue weighted by atomic mass is 10.4. The summed E-state index contributed by atoms with van der Waals surface area (Å²) < 4.78 is 7.62. The van der Waals surface area contributed by atoms with Crippen LogP contribution in [0, 0.1) is 13.8 Å². The SMILES string of the molecule is CCCn1c(CN)nnc1SCc1nc(C)c(C)o1. The molecule has 0 atom stereocenters. The molecule has 0 saturated heterocycles. The highest BCUT2D eigenvalue weighted by molar-refractivity contribution is 7.98. The van der Waals surface area contributed by atoms with Crippen molar-refractivity contribution in [2.24, 2.45) is 5.73 Å². The Labute approximate surface area is 116 Å². The summed E-state index contributed by atoms with van der Waals surface area (Å²) >= 11 is 1.58. The summed E-state index contributed by atoms with van der Waals surface area (Å²) in [7, 11) is 0. The second kappa shape index (κ2) is 6.21. The third-order valence-corrected chi connectivity index (χ3v) is 3.77. The van der Waals surface area contributed by atoms with Crippen LogP contribution in [0.25, 0.3) is 0 Å². The zero-order chi connectivity index (χ0) is 13.8. The highest BCUT2D eigenvalue weighted by Crippen LogP contribution is 2.23. The van der Waals surface area contributed by atoms with Gasteiger partial charge < -0.3 is 14.7 Å². The normalized spacial score (nSPS) is 11.2. The van der Waals surface area contributed by atoms with Gasteiger partial charge in [-0.25, -0.2) is 4.98 Å². The van der Waals surface area contributed by atoms with Crippen LogP contribution in [0.15, 0.2) is 9.57 Å². The number of hydrogen-bond acceptors (Lipinski definition) is 6. The summed E-state index contributed by atoms with van der Waals surface area (Å²) in [6.07, 6.45) is 1.02. The summed E-state index contributed by atoms with van der Waals surface area (Å²) in [5, 5.41) is 9.15. The molecule has 104 valence electrons. The smallest absolute Gasteiger partial charge is 0.205 e. The lowest BCUT2D eigenvalue weighted by Crippen LogP contribution is -2.09. The first kappa shape index (κ1) is 14.1. The van der Waals surface area contributed by atoms with E-state index in [1.807, 2.05) is 13.8 Å². The van der Waals surface area contributed by atoms with Gasteiger partial charge in [0.15, 0.2) is 5.16 Å². The predicted octanol–water partition coefficient (Wildman–Crippen LogP) is 2.04. The van der Waals surface area contributed by atoms with Gasteiger partial charge in [-0.2, -0.15) is 0 Å². The van der Waals surface area contributed by atoms with Crippen molar-refractivity contribution in [1.82, 2.24) is 19.7 Å². The van der Waals surface area contributed by atoms with Gasteiger partial charge in [-0.15, -0.1) is 10.2 Å². The van der Waals surface area contributed by atoms with Crippen molar-refractivity contribution in [2.45, 2.75) is 51.2 Å². The van der Waals surface area contributed by atoms with E-state index in [4.69, 9.17) is 10.2 Å². The number of aromatic nitrogens is 4. The minimum absolute atomic E-state index is 0.408. The lowest BCUT2D eigenvalue weighted by molar-refractivity contribution is 0.489. The largest absolute Gasteiger partial charge is 0.445 e. The predicted molar refractivity (Wildman–Crippen MR) is 73.7 cm³/mol. The van der Waals surface area contributed by atoms with Crippen LogP contribution in [-0.4, -0.2) is 19.7 Å². The number of aryl methyl sites for hydroxylation is 2. The number of thioether (sulfide) groups is 1. The summed E-state index contributed by atoms with van der Waals surface area (Å²) in [6, 6.07) is 0. The monoisotopic (exact) mass is 281 g/mol. The van der Waals surface area contributed by atoms with E-state index in [9.17, 15) is 0 Å². The molecule has 0 bridgehead atoms. The molecule has 6 nitrogen and oxygen atoms in total. The second-order valence-electron chi connectivity index (χ2n) is 4.29. The second-order valence-corrected chi connectivity index (χ2v) is 5.23. The van der Waals surface area contributed by atoms with E-state index in [1.54, 1.807) is 11.8 Å². The molecule has 0 fully saturated rings. The van der Waals surface area contributed by atoms with Gasteiger partial charge >= 0.3 is 0 Å². The fourth-order valence-electron chi connectivity index (χ4n) is 1.75. The third-order valence-electron chi connectivity index (χ3n) is 2.82. The first-order valence-corrected chi connectivity index (χ1v) is 7.32. The van der Waals surface area contributed by atoms with Crippen LogP contribution in [0.1, 0.15) is 36.5 Å². The maximum atomic E-state index is 5.66. The maximum absolute atomic E-state index is 5.66. The molecule has 2 N–H and O–H groups in total.